The number of nitrogens with zero attached hydrogens (tertiary/aromatic N) is 3. The Morgan fingerprint density at radius 3 is 2.60 bits per heavy atom. The zero-order chi connectivity index (χ0) is 16.9. The number of amides is 1. The summed E-state index contributed by atoms with van der Waals surface area (Å²) in [6.45, 7) is 0.484. The normalized spacial score (nSPS) is 10.3. The molecule has 25 heavy (non-hydrogen) atoms. The molecule has 3 aromatic rings. The lowest BCUT2D eigenvalue weighted by Gasteiger charge is -1.99. The molecule has 0 fully saturated rings. The van der Waals surface area contributed by atoms with Gasteiger partial charge in [-0.1, -0.05) is 29.4 Å². The van der Waals surface area contributed by atoms with Crippen LogP contribution >= 0.6 is 12.4 Å². The molecule has 0 radical (unpaired) electrons. The van der Waals surface area contributed by atoms with Gasteiger partial charge in [-0.3, -0.25) is 14.8 Å². The van der Waals surface area contributed by atoms with Crippen LogP contribution in [0, 0.1) is 0 Å². The average molecular weight is 362 g/mol. The standard InChI is InChI=1S/C17H19N5O2.ClH/c1-22-11-14(10-19-22)12-4-6-13(7-5-12)15-9-17(24-21-15)20-16(23)3-2-8-18;/h4-7,9-11H,2-3,8,18H2,1H3,(H,20,23);1H. The Morgan fingerprint density at radius 2 is 1.96 bits per heavy atom. The van der Waals surface area contributed by atoms with Gasteiger partial charge in [-0.15, -0.1) is 12.4 Å². The molecule has 2 aromatic heterocycles. The number of carbonyl (C=O) groups is 1. The number of nitrogens with two attached hydrogens (primary N) is 1. The number of carbonyl (C=O) groups excluding carboxylic acids is 1. The van der Waals surface area contributed by atoms with Gasteiger partial charge in [0.1, 0.15) is 5.69 Å². The van der Waals surface area contributed by atoms with Gasteiger partial charge in [-0.2, -0.15) is 5.10 Å². The van der Waals surface area contributed by atoms with Crippen LogP contribution in [0.5, 0.6) is 0 Å². The summed E-state index contributed by atoms with van der Waals surface area (Å²) in [7, 11) is 1.89. The molecule has 132 valence electrons. The molecule has 0 bridgehead atoms. The molecule has 0 aliphatic carbocycles. The van der Waals surface area contributed by atoms with Crippen molar-refractivity contribution in [3.63, 3.8) is 0 Å². The summed E-state index contributed by atoms with van der Waals surface area (Å²) in [6.07, 6.45) is 4.79. The number of halogens is 1. The number of hydrogen-bond donors (Lipinski definition) is 2. The fourth-order valence-electron chi connectivity index (χ4n) is 2.34. The van der Waals surface area contributed by atoms with Crippen molar-refractivity contribution in [1.82, 2.24) is 14.9 Å². The summed E-state index contributed by atoms with van der Waals surface area (Å²) in [6, 6.07) is 9.63. The van der Waals surface area contributed by atoms with E-state index in [9.17, 15) is 4.79 Å². The zero-order valence-electron chi connectivity index (χ0n) is 13.8. The van der Waals surface area contributed by atoms with E-state index in [-0.39, 0.29) is 18.3 Å². The van der Waals surface area contributed by atoms with E-state index in [4.69, 9.17) is 10.3 Å². The molecule has 2 heterocycles. The maximum atomic E-state index is 11.7. The summed E-state index contributed by atoms with van der Waals surface area (Å²) in [5.74, 6) is 0.207. The first kappa shape index (κ1) is 18.7. The highest BCUT2D eigenvalue weighted by Crippen LogP contribution is 2.25. The number of anilines is 1. The van der Waals surface area contributed by atoms with E-state index in [1.54, 1.807) is 10.7 Å². The molecule has 1 amide bonds. The molecular formula is C17H20ClN5O2. The highest BCUT2D eigenvalue weighted by atomic mass is 35.5. The van der Waals surface area contributed by atoms with Crippen LogP contribution in [0.15, 0.2) is 47.2 Å². The number of benzene rings is 1. The first-order valence-electron chi connectivity index (χ1n) is 7.72. The van der Waals surface area contributed by atoms with Crippen LogP contribution in [-0.2, 0) is 11.8 Å². The minimum Gasteiger partial charge on any atom is -0.338 e. The van der Waals surface area contributed by atoms with Gasteiger partial charge in [0, 0.05) is 36.9 Å². The fraction of sp³-hybridized carbons (Fsp3) is 0.235. The maximum Gasteiger partial charge on any atom is 0.231 e. The van der Waals surface area contributed by atoms with Crippen molar-refractivity contribution in [2.45, 2.75) is 12.8 Å². The summed E-state index contributed by atoms with van der Waals surface area (Å²) in [5.41, 5.74) is 9.09. The molecule has 3 rings (SSSR count). The van der Waals surface area contributed by atoms with Crippen LogP contribution in [0.2, 0.25) is 0 Å². The van der Waals surface area contributed by atoms with Crippen LogP contribution in [0.3, 0.4) is 0 Å². The molecule has 0 aliphatic heterocycles. The van der Waals surface area contributed by atoms with Gasteiger partial charge in [0.25, 0.3) is 0 Å². The third kappa shape index (κ3) is 4.68. The van der Waals surface area contributed by atoms with Crippen molar-refractivity contribution in [3.05, 3.63) is 42.7 Å². The Morgan fingerprint density at radius 1 is 1.24 bits per heavy atom. The Balaban J connectivity index is 0.00000225. The topological polar surface area (TPSA) is 99.0 Å². The Labute approximate surface area is 151 Å². The predicted octanol–water partition coefficient (Wildman–Crippen LogP) is 2.84. The molecular weight excluding hydrogens is 342 g/mol. The molecule has 0 spiro atoms. The second kappa shape index (κ2) is 8.46. The summed E-state index contributed by atoms with van der Waals surface area (Å²) >= 11 is 0. The third-order valence-electron chi connectivity index (χ3n) is 3.60. The number of rotatable bonds is 6. The van der Waals surface area contributed by atoms with Crippen molar-refractivity contribution < 1.29 is 9.32 Å². The van der Waals surface area contributed by atoms with Crippen molar-refractivity contribution in [2.75, 3.05) is 11.9 Å². The van der Waals surface area contributed by atoms with E-state index < -0.39 is 0 Å². The number of aryl methyl sites for hydroxylation is 1. The van der Waals surface area contributed by atoms with Crippen LogP contribution in [0.25, 0.3) is 22.4 Å². The predicted molar refractivity (Wildman–Crippen MR) is 98.3 cm³/mol. The second-order valence-electron chi connectivity index (χ2n) is 5.50. The highest BCUT2D eigenvalue weighted by molar-refractivity contribution is 5.89. The molecule has 0 saturated heterocycles. The summed E-state index contributed by atoms with van der Waals surface area (Å²) in [4.78, 5) is 11.7. The SMILES string of the molecule is Cl.Cn1cc(-c2ccc(-c3cc(NC(=O)CCCN)on3)cc2)cn1. The van der Waals surface area contributed by atoms with E-state index >= 15 is 0 Å². The lowest BCUT2D eigenvalue weighted by molar-refractivity contribution is -0.116. The van der Waals surface area contributed by atoms with Crippen LogP contribution in [-0.4, -0.2) is 27.4 Å². The number of hydrogen-bond acceptors (Lipinski definition) is 5. The summed E-state index contributed by atoms with van der Waals surface area (Å²) in [5, 5.41) is 10.8. The van der Waals surface area contributed by atoms with E-state index in [2.05, 4.69) is 15.6 Å². The molecule has 1 aromatic carbocycles. The van der Waals surface area contributed by atoms with Crippen molar-refractivity contribution in [1.29, 1.82) is 0 Å². The van der Waals surface area contributed by atoms with E-state index in [0.29, 0.717) is 31.0 Å². The van der Waals surface area contributed by atoms with Gasteiger partial charge in [0.2, 0.25) is 11.8 Å². The van der Waals surface area contributed by atoms with E-state index in [1.807, 2.05) is 43.7 Å². The van der Waals surface area contributed by atoms with E-state index in [1.165, 1.54) is 0 Å². The number of aromatic nitrogens is 3. The smallest absolute Gasteiger partial charge is 0.231 e. The van der Waals surface area contributed by atoms with Gasteiger partial charge in [0.05, 0.1) is 6.20 Å². The van der Waals surface area contributed by atoms with Gasteiger partial charge in [0.15, 0.2) is 0 Å². The molecule has 3 N–H and O–H groups in total. The van der Waals surface area contributed by atoms with Gasteiger partial charge in [-0.05, 0) is 18.5 Å². The maximum absolute atomic E-state index is 11.7. The molecule has 0 aliphatic rings. The third-order valence-corrected chi connectivity index (χ3v) is 3.60. The lowest BCUT2D eigenvalue weighted by atomic mass is 10.1. The lowest BCUT2D eigenvalue weighted by Crippen LogP contribution is -2.12. The monoisotopic (exact) mass is 361 g/mol. The van der Waals surface area contributed by atoms with Crippen molar-refractivity contribution >= 4 is 24.2 Å². The Hall–Kier alpha value is -2.64. The Bertz CT molecular complexity index is 826. The van der Waals surface area contributed by atoms with Gasteiger partial charge < -0.3 is 10.3 Å². The average Bonchev–Trinajstić information content (AvgIpc) is 3.22. The first-order valence-corrected chi connectivity index (χ1v) is 7.72. The largest absolute Gasteiger partial charge is 0.338 e. The molecule has 0 unspecified atom stereocenters. The van der Waals surface area contributed by atoms with Crippen LogP contribution in [0.4, 0.5) is 5.88 Å². The van der Waals surface area contributed by atoms with Crippen LogP contribution in [0.1, 0.15) is 12.8 Å². The fourth-order valence-corrected chi connectivity index (χ4v) is 2.34. The minimum absolute atomic E-state index is 0. The highest BCUT2D eigenvalue weighted by Gasteiger charge is 2.10. The number of nitrogens with one attached hydrogen (secondary N) is 1. The van der Waals surface area contributed by atoms with Gasteiger partial charge in [-0.25, -0.2) is 0 Å². The molecule has 7 nitrogen and oxygen atoms in total. The first-order chi connectivity index (χ1) is 11.7. The molecule has 0 atom stereocenters. The van der Waals surface area contributed by atoms with Gasteiger partial charge >= 0.3 is 0 Å². The van der Waals surface area contributed by atoms with Crippen molar-refractivity contribution in [3.8, 4) is 22.4 Å². The summed E-state index contributed by atoms with van der Waals surface area (Å²) < 4.78 is 6.93. The van der Waals surface area contributed by atoms with E-state index in [0.717, 1.165) is 16.7 Å². The van der Waals surface area contributed by atoms with Crippen LogP contribution < -0.4 is 11.1 Å². The molecule has 0 saturated carbocycles. The zero-order valence-corrected chi connectivity index (χ0v) is 14.6. The van der Waals surface area contributed by atoms with Crippen molar-refractivity contribution in [2.24, 2.45) is 12.8 Å². The molecule has 8 heteroatoms. The Kier molecular flexibility index (Phi) is 6.32. The minimum atomic E-state index is -0.130. The quantitative estimate of drug-likeness (QED) is 0.703. The second-order valence-corrected chi connectivity index (χ2v) is 5.50.